The first-order chi connectivity index (χ1) is 8.47. The van der Waals surface area contributed by atoms with Crippen molar-refractivity contribution in [3.05, 3.63) is 0 Å². The van der Waals surface area contributed by atoms with Gasteiger partial charge in [0.25, 0.3) is 5.91 Å². The third kappa shape index (κ3) is 2.02. The van der Waals surface area contributed by atoms with Gasteiger partial charge in [0, 0.05) is 13.0 Å². The molecule has 0 aromatic carbocycles. The van der Waals surface area contributed by atoms with Crippen LogP contribution in [-0.4, -0.2) is 34.7 Å². The van der Waals surface area contributed by atoms with Crippen molar-refractivity contribution < 1.29 is 14.4 Å². The van der Waals surface area contributed by atoms with Gasteiger partial charge >= 0.3 is 6.03 Å². The SMILES string of the molecule is CC(=O)CCN1C(=O)N[C@@]2(CCCC[C@@H]2C)C1=O. The number of carbonyl (C=O) groups excluding carboxylic acids is 3. The van der Waals surface area contributed by atoms with Crippen LogP contribution in [0.4, 0.5) is 4.79 Å². The van der Waals surface area contributed by atoms with Gasteiger partial charge in [-0.05, 0) is 25.7 Å². The summed E-state index contributed by atoms with van der Waals surface area (Å²) in [5, 5.41) is 2.87. The monoisotopic (exact) mass is 252 g/mol. The molecular weight excluding hydrogens is 232 g/mol. The maximum atomic E-state index is 12.4. The molecule has 0 bridgehead atoms. The van der Waals surface area contributed by atoms with E-state index < -0.39 is 5.54 Å². The highest BCUT2D eigenvalue weighted by Gasteiger charge is 2.54. The molecule has 2 rings (SSSR count). The molecule has 2 aliphatic rings. The number of amides is 3. The summed E-state index contributed by atoms with van der Waals surface area (Å²) >= 11 is 0. The van der Waals surface area contributed by atoms with Crippen molar-refractivity contribution in [2.45, 2.75) is 51.5 Å². The zero-order valence-corrected chi connectivity index (χ0v) is 11.0. The van der Waals surface area contributed by atoms with Crippen molar-refractivity contribution in [1.82, 2.24) is 10.2 Å². The molecule has 5 nitrogen and oxygen atoms in total. The van der Waals surface area contributed by atoms with Gasteiger partial charge in [-0.1, -0.05) is 19.8 Å². The fourth-order valence-corrected chi connectivity index (χ4v) is 2.97. The summed E-state index contributed by atoms with van der Waals surface area (Å²) in [5.74, 6) is 0.0271. The number of nitrogens with zero attached hydrogens (tertiary/aromatic N) is 1. The van der Waals surface area contributed by atoms with Crippen LogP contribution >= 0.6 is 0 Å². The molecule has 2 atom stereocenters. The third-order valence-corrected chi connectivity index (χ3v) is 4.19. The minimum absolute atomic E-state index is 0.00626. The summed E-state index contributed by atoms with van der Waals surface area (Å²) in [6, 6.07) is -0.338. The van der Waals surface area contributed by atoms with Crippen molar-refractivity contribution in [1.29, 1.82) is 0 Å². The van der Waals surface area contributed by atoms with E-state index >= 15 is 0 Å². The summed E-state index contributed by atoms with van der Waals surface area (Å²) in [6.07, 6.45) is 4.00. The van der Waals surface area contributed by atoms with Crippen molar-refractivity contribution in [3.63, 3.8) is 0 Å². The molecule has 1 saturated heterocycles. The second-order valence-electron chi connectivity index (χ2n) is 5.46. The van der Waals surface area contributed by atoms with Gasteiger partial charge in [-0.25, -0.2) is 4.79 Å². The van der Waals surface area contributed by atoms with Gasteiger partial charge < -0.3 is 5.32 Å². The van der Waals surface area contributed by atoms with Crippen molar-refractivity contribution in [3.8, 4) is 0 Å². The van der Waals surface area contributed by atoms with E-state index in [1.54, 1.807) is 0 Å². The number of hydrogen-bond acceptors (Lipinski definition) is 3. The quantitative estimate of drug-likeness (QED) is 0.773. The fourth-order valence-electron chi connectivity index (χ4n) is 2.97. The lowest BCUT2D eigenvalue weighted by Crippen LogP contribution is -2.53. The van der Waals surface area contributed by atoms with Crippen LogP contribution in [0.25, 0.3) is 0 Å². The van der Waals surface area contributed by atoms with Crippen LogP contribution in [0.5, 0.6) is 0 Å². The first kappa shape index (κ1) is 13.1. The fraction of sp³-hybridized carbons (Fsp3) is 0.769. The van der Waals surface area contributed by atoms with Crippen LogP contribution in [0.15, 0.2) is 0 Å². The minimum Gasteiger partial charge on any atom is -0.323 e. The van der Waals surface area contributed by atoms with Gasteiger partial charge in [0.15, 0.2) is 0 Å². The highest BCUT2D eigenvalue weighted by atomic mass is 16.2. The highest BCUT2D eigenvalue weighted by Crippen LogP contribution is 2.38. The first-order valence-corrected chi connectivity index (χ1v) is 6.61. The smallest absolute Gasteiger partial charge is 0.323 e. The maximum absolute atomic E-state index is 12.4. The second kappa shape index (κ2) is 4.71. The average molecular weight is 252 g/mol. The zero-order chi connectivity index (χ0) is 13.3. The lowest BCUT2D eigenvalue weighted by atomic mass is 9.73. The summed E-state index contributed by atoms with van der Waals surface area (Å²) < 4.78 is 0. The molecule has 3 amide bonds. The average Bonchev–Trinajstić information content (AvgIpc) is 2.54. The molecular formula is C13H20N2O3. The van der Waals surface area contributed by atoms with E-state index in [-0.39, 0.29) is 36.6 Å². The molecule has 1 spiro atoms. The van der Waals surface area contributed by atoms with Crippen LogP contribution in [-0.2, 0) is 9.59 Å². The van der Waals surface area contributed by atoms with Crippen molar-refractivity contribution in [2.75, 3.05) is 6.54 Å². The van der Waals surface area contributed by atoms with E-state index in [1.165, 1.54) is 11.8 Å². The number of hydrogen-bond donors (Lipinski definition) is 1. The highest BCUT2D eigenvalue weighted by molar-refractivity contribution is 6.07. The Morgan fingerprint density at radius 1 is 1.44 bits per heavy atom. The van der Waals surface area contributed by atoms with Crippen LogP contribution in [0.3, 0.4) is 0 Å². The van der Waals surface area contributed by atoms with Gasteiger partial charge in [0.2, 0.25) is 0 Å². The number of imide groups is 1. The molecule has 1 saturated carbocycles. The van der Waals surface area contributed by atoms with Crippen LogP contribution in [0, 0.1) is 5.92 Å². The Morgan fingerprint density at radius 3 is 2.78 bits per heavy atom. The van der Waals surface area contributed by atoms with Gasteiger partial charge in [0.1, 0.15) is 11.3 Å². The van der Waals surface area contributed by atoms with E-state index in [0.29, 0.717) is 0 Å². The Labute approximate surface area is 107 Å². The van der Waals surface area contributed by atoms with Gasteiger partial charge in [-0.15, -0.1) is 0 Å². The maximum Gasteiger partial charge on any atom is 0.325 e. The Kier molecular flexibility index (Phi) is 3.41. The lowest BCUT2D eigenvalue weighted by molar-refractivity contribution is -0.134. The Morgan fingerprint density at radius 2 is 2.17 bits per heavy atom. The number of ketones is 1. The number of nitrogens with one attached hydrogen (secondary N) is 1. The standard InChI is InChI=1S/C13H20N2O3/c1-9-5-3-4-7-13(9)11(17)15(12(18)14-13)8-6-10(2)16/h9H,3-8H2,1-2H3,(H,14,18)/t9-,13+/m0/s1. The predicted molar refractivity (Wildman–Crippen MR) is 65.9 cm³/mol. The largest absolute Gasteiger partial charge is 0.325 e. The molecule has 1 heterocycles. The molecule has 18 heavy (non-hydrogen) atoms. The number of Topliss-reactive ketones (excluding diaryl/α,β-unsaturated/α-hetero) is 1. The Bertz CT molecular complexity index is 394. The van der Waals surface area contributed by atoms with Crippen molar-refractivity contribution >= 4 is 17.7 Å². The zero-order valence-electron chi connectivity index (χ0n) is 11.0. The molecule has 0 radical (unpaired) electrons. The number of urea groups is 1. The summed E-state index contributed by atoms with van der Waals surface area (Å²) in [4.78, 5) is 36.5. The molecule has 1 N–H and O–H groups in total. The molecule has 0 aromatic heterocycles. The van der Waals surface area contributed by atoms with Gasteiger partial charge in [-0.2, -0.15) is 0 Å². The van der Waals surface area contributed by atoms with E-state index in [0.717, 1.165) is 25.7 Å². The Hall–Kier alpha value is -1.39. The molecule has 0 aromatic rings. The molecule has 1 aliphatic carbocycles. The molecule has 1 aliphatic heterocycles. The number of carbonyl (C=O) groups is 3. The topological polar surface area (TPSA) is 66.5 Å². The molecule has 100 valence electrons. The van der Waals surface area contributed by atoms with E-state index in [2.05, 4.69) is 5.32 Å². The normalized spacial score (nSPS) is 31.9. The predicted octanol–water partition coefficient (Wildman–Crippen LogP) is 1.47. The summed E-state index contributed by atoms with van der Waals surface area (Å²) in [7, 11) is 0. The molecule has 0 unspecified atom stereocenters. The van der Waals surface area contributed by atoms with Crippen LogP contribution < -0.4 is 5.32 Å². The summed E-state index contributed by atoms with van der Waals surface area (Å²) in [5.41, 5.74) is -0.702. The second-order valence-corrected chi connectivity index (χ2v) is 5.46. The first-order valence-electron chi connectivity index (χ1n) is 6.61. The van der Waals surface area contributed by atoms with E-state index in [4.69, 9.17) is 0 Å². The lowest BCUT2D eigenvalue weighted by Gasteiger charge is -2.36. The Balaban J connectivity index is 2.14. The van der Waals surface area contributed by atoms with Crippen LogP contribution in [0.2, 0.25) is 0 Å². The number of rotatable bonds is 3. The van der Waals surface area contributed by atoms with E-state index in [9.17, 15) is 14.4 Å². The van der Waals surface area contributed by atoms with Crippen LogP contribution in [0.1, 0.15) is 46.0 Å². The van der Waals surface area contributed by atoms with Gasteiger partial charge in [0.05, 0.1) is 0 Å². The summed E-state index contributed by atoms with van der Waals surface area (Å²) in [6.45, 7) is 3.69. The third-order valence-electron chi connectivity index (χ3n) is 4.19. The van der Waals surface area contributed by atoms with E-state index in [1.807, 2.05) is 6.92 Å². The molecule has 5 heteroatoms. The minimum atomic E-state index is -0.702. The van der Waals surface area contributed by atoms with Crippen molar-refractivity contribution in [2.24, 2.45) is 5.92 Å². The molecule has 2 fully saturated rings. The van der Waals surface area contributed by atoms with Gasteiger partial charge in [-0.3, -0.25) is 14.5 Å².